The molecule has 1 aliphatic rings. The molecule has 1 aliphatic heterocycles. The quantitative estimate of drug-likeness (QED) is 0.222. The van der Waals surface area contributed by atoms with Gasteiger partial charge in [-0.15, -0.1) is 0 Å². The van der Waals surface area contributed by atoms with Gasteiger partial charge in [0, 0.05) is 32.6 Å². The topological polar surface area (TPSA) is 9.86 Å². The van der Waals surface area contributed by atoms with Crippen LogP contribution in [0.4, 0.5) is 0 Å². The van der Waals surface area contributed by atoms with Crippen LogP contribution in [-0.4, -0.2) is 9.13 Å². The van der Waals surface area contributed by atoms with E-state index in [9.17, 15) is 0 Å². The van der Waals surface area contributed by atoms with Crippen molar-refractivity contribution in [3.63, 3.8) is 0 Å². The van der Waals surface area contributed by atoms with Gasteiger partial charge >= 0.3 is 0 Å². The van der Waals surface area contributed by atoms with Crippen LogP contribution in [0.25, 0.3) is 55.0 Å². The summed E-state index contributed by atoms with van der Waals surface area (Å²) >= 11 is 0. The second-order valence-corrected chi connectivity index (χ2v) is 10.3. The number of hydrogen-bond acceptors (Lipinski definition) is 0. The number of benzene rings is 5. The Balaban J connectivity index is 0.00000113. The van der Waals surface area contributed by atoms with Crippen molar-refractivity contribution < 1.29 is 0 Å². The number of aromatic nitrogens is 2. The molecule has 2 aromatic heterocycles. The molecule has 0 aliphatic carbocycles. The molecule has 7 aromatic rings. The second kappa shape index (κ2) is 7.85. The highest BCUT2D eigenvalue weighted by Gasteiger charge is 2.34. The van der Waals surface area contributed by atoms with Gasteiger partial charge in [-0.1, -0.05) is 100 Å². The first-order valence-corrected chi connectivity index (χ1v) is 13.3. The molecule has 37 heavy (non-hydrogen) atoms. The molecule has 0 saturated carbocycles. The molecule has 3 heterocycles. The van der Waals surface area contributed by atoms with Crippen LogP contribution in [-0.2, 0) is 5.41 Å². The first kappa shape index (κ1) is 21.9. The maximum Gasteiger partial charge on any atom is 0.0582 e. The highest BCUT2D eigenvalue weighted by molar-refractivity contribution is 6.19. The van der Waals surface area contributed by atoms with Crippen molar-refractivity contribution in [3.05, 3.63) is 120 Å². The molecule has 0 saturated heterocycles. The lowest BCUT2D eigenvalue weighted by Gasteiger charge is -2.34. The molecule has 180 valence electrons. The molecule has 8 rings (SSSR count). The lowest BCUT2D eigenvalue weighted by Crippen LogP contribution is -2.26. The van der Waals surface area contributed by atoms with E-state index in [-0.39, 0.29) is 5.41 Å². The monoisotopic (exact) mass is 478 g/mol. The Morgan fingerprint density at radius 3 is 1.89 bits per heavy atom. The zero-order chi connectivity index (χ0) is 25.3. The van der Waals surface area contributed by atoms with E-state index >= 15 is 0 Å². The van der Waals surface area contributed by atoms with Crippen LogP contribution in [0, 0.1) is 0 Å². The minimum atomic E-state index is -0.0497. The first-order valence-electron chi connectivity index (χ1n) is 13.3. The third-order valence-electron chi connectivity index (χ3n) is 8.09. The Kier molecular flexibility index (Phi) is 4.65. The lowest BCUT2D eigenvalue weighted by atomic mass is 9.75. The third kappa shape index (κ3) is 2.81. The molecule has 0 fully saturated rings. The normalized spacial score (nSPS) is 13.6. The van der Waals surface area contributed by atoms with Gasteiger partial charge in [0.25, 0.3) is 0 Å². The van der Waals surface area contributed by atoms with Crippen LogP contribution in [0.3, 0.4) is 0 Å². The van der Waals surface area contributed by atoms with Gasteiger partial charge < -0.3 is 9.13 Å². The van der Waals surface area contributed by atoms with Crippen molar-refractivity contribution in [2.45, 2.75) is 33.1 Å². The maximum atomic E-state index is 2.51. The van der Waals surface area contributed by atoms with E-state index in [0.717, 1.165) is 0 Å². The molecular formula is C35H30N2. The number of rotatable bonds is 1. The Morgan fingerprint density at radius 1 is 0.486 bits per heavy atom. The zero-order valence-electron chi connectivity index (χ0n) is 21.8. The van der Waals surface area contributed by atoms with Gasteiger partial charge in [0.2, 0.25) is 0 Å². The Bertz CT molecular complexity index is 1970. The largest absolute Gasteiger partial charge is 0.309 e. The second-order valence-electron chi connectivity index (χ2n) is 10.3. The average molecular weight is 479 g/mol. The molecule has 0 N–H and O–H groups in total. The predicted molar refractivity (Wildman–Crippen MR) is 159 cm³/mol. The van der Waals surface area contributed by atoms with Crippen LogP contribution in [0.1, 0.15) is 38.8 Å². The van der Waals surface area contributed by atoms with E-state index < -0.39 is 0 Å². The van der Waals surface area contributed by atoms with Gasteiger partial charge in [0.05, 0.1) is 27.8 Å². The van der Waals surface area contributed by atoms with E-state index in [1.54, 1.807) is 0 Å². The van der Waals surface area contributed by atoms with Gasteiger partial charge in [-0.2, -0.15) is 0 Å². The average Bonchev–Trinajstić information content (AvgIpc) is 3.45. The summed E-state index contributed by atoms with van der Waals surface area (Å²) in [6.45, 7) is 8.71. The fourth-order valence-electron chi connectivity index (χ4n) is 6.48. The summed E-state index contributed by atoms with van der Waals surface area (Å²) in [5, 5.41) is 5.21. The van der Waals surface area contributed by atoms with E-state index in [1.165, 1.54) is 66.1 Å². The Hall–Kier alpha value is -4.30. The molecule has 0 amide bonds. The smallest absolute Gasteiger partial charge is 0.0582 e. The van der Waals surface area contributed by atoms with Crippen molar-refractivity contribution in [3.8, 4) is 11.4 Å². The number of para-hydroxylation sites is 4. The molecule has 2 nitrogen and oxygen atoms in total. The van der Waals surface area contributed by atoms with Crippen LogP contribution in [0.2, 0.25) is 0 Å². The standard InChI is InChI=1S/C33H24N2.C2H6/c1-33(2)26-15-7-9-18-29(26)35-31-19-24-22-13-6-8-17-28(22)34(21-11-4-3-5-12-21)30(24)20-25(31)23-14-10-16-27(33)32(23)35;1-2/h3-20H,1-2H3;1-2H3. The van der Waals surface area contributed by atoms with Crippen molar-refractivity contribution in [1.82, 2.24) is 9.13 Å². The molecule has 0 unspecified atom stereocenters. The Morgan fingerprint density at radius 2 is 1.08 bits per heavy atom. The van der Waals surface area contributed by atoms with Gasteiger partial charge in [-0.05, 0) is 47.5 Å². The van der Waals surface area contributed by atoms with Crippen molar-refractivity contribution in [1.29, 1.82) is 0 Å². The molecule has 2 heteroatoms. The number of fused-ring (bicyclic) bond motifs is 8. The summed E-state index contributed by atoms with van der Waals surface area (Å²) in [5.41, 5.74) is 10.3. The molecule has 5 aromatic carbocycles. The highest BCUT2D eigenvalue weighted by Crippen LogP contribution is 2.48. The molecular weight excluding hydrogens is 448 g/mol. The maximum absolute atomic E-state index is 2.51. The lowest BCUT2D eigenvalue weighted by molar-refractivity contribution is 0.630. The Labute approximate surface area is 217 Å². The number of nitrogens with zero attached hydrogens (tertiary/aromatic N) is 2. The van der Waals surface area contributed by atoms with Crippen LogP contribution in [0.15, 0.2) is 109 Å². The minimum Gasteiger partial charge on any atom is -0.309 e. The van der Waals surface area contributed by atoms with E-state index in [2.05, 4.69) is 132 Å². The van der Waals surface area contributed by atoms with Gasteiger partial charge in [0.1, 0.15) is 0 Å². The number of hydrogen-bond donors (Lipinski definition) is 0. The van der Waals surface area contributed by atoms with Crippen molar-refractivity contribution in [2.24, 2.45) is 0 Å². The SMILES string of the molecule is CC.CC1(C)c2ccccc2-n2c3cc4c5ccccc5n(-c5ccccc5)c4cc3c3cccc1c32. The summed E-state index contributed by atoms with van der Waals surface area (Å²) in [6, 6.07) is 40.1. The third-order valence-corrected chi connectivity index (χ3v) is 8.09. The van der Waals surface area contributed by atoms with Crippen LogP contribution >= 0.6 is 0 Å². The van der Waals surface area contributed by atoms with Crippen LogP contribution < -0.4 is 0 Å². The van der Waals surface area contributed by atoms with E-state index in [4.69, 9.17) is 0 Å². The highest BCUT2D eigenvalue weighted by atomic mass is 15.0. The van der Waals surface area contributed by atoms with E-state index in [0.29, 0.717) is 0 Å². The molecule has 0 bridgehead atoms. The fraction of sp³-hybridized carbons (Fsp3) is 0.143. The zero-order valence-corrected chi connectivity index (χ0v) is 21.8. The summed E-state index contributed by atoms with van der Waals surface area (Å²) in [6.07, 6.45) is 0. The summed E-state index contributed by atoms with van der Waals surface area (Å²) in [4.78, 5) is 0. The summed E-state index contributed by atoms with van der Waals surface area (Å²) < 4.78 is 4.92. The van der Waals surface area contributed by atoms with Gasteiger partial charge in [-0.25, -0.2) is 0 Å². The van der Waals surface area contributed by atoms with E-state index in [1.807, 2.05) is 13.8 Å². The molecule has 0 spiro atoms. The van der Waals surface area contributed by atoms with Gasteiger partial charge in [0.15, 0.2) is 0 Å². The van der Waals surface area contributed by atoms with Crippen molar-refractivity contribution in [2.75, 3.05) is 0 Å². The molecule has 0 atom stereocenters. The molecule has 0 radical (unpaired) electrons. The summed E-state index contributed by atoms with van der Waals surface area (Å²) in [7, 11) is 0. The minimum absolute atomic E-state index is 0.0497. The predicted octanol–water partition coefficient (Wildman–Crippen LogP) is 9.55. The fourth-order valence-corrected chi connectivity index (χ4v) is 6.48. The summed E-state index contributed by atoms with van der Waals surface area (Å²) in [5.74, 6) is 0. The van der Waals surface area contributed by atoms with Gasteiger partial charge in [-0.3, -0.25) is 0 Å². The van der Waals surface area contributed by atoms with Crippen LogP contribution in [0.5, 0.6) is 0 Å². The first-order chi connectivity index (χ1) is 18.1. The van der Waals surface area contributed by atoms with Crippen molar-refractivity contribution >= 4 is 43.6 Å².